The highest BCUT2D eigenvalue weighted by Gasteiger charge is 2.48. The topological polar surface area (TPSA) is 88.1 Å². The second-order valence-corrected chi connectivity index (χ2v) is 9.90. The summed E-state index contributed by atoms with van der Waals surface area (Å²) in [7, 11) is 0. The van der Waals surface area contributed by atoms with Crippen LogP contribution in [0, 0.1) is 16.7 Å². The van der Waals surface area contributed by atoms with Crippen LogP contribution in [0.15, 0.2) is 34.4 Å². The molecule has 4 rings (SSSR count). The number of carbonyl (C=O) groups excluding carboxylic acids is 1. The molecular weight excluding hydrogens is 388 g/mol. The Hall–Kier alpha value is -2.24. The van der Waals surface area contributed by atoms with E-state index in [1.165, 1.54) is 64.2 Å². The fourth-order valence-electron chi connectivity index (χ4n) is 5.87. The average molecular weight is 425 g/mol. The van der Waals surface area contributed by atoms with Gasteiger partial charge in [0.05, 0.1) is 6.54 Å². The predicted octanol–water partition coefficient (Wildman–Crippen LogP) is 5.81. The van der Waals surface area contributed by atoms with Crippen LogP contribution >= 0.6 is 0 Å². The molecule has 2 N–H and O–H groups in total. The highest BCUT2D eigenvalue weighted by atomic mass is 16.3. The number of carbonyl (C=O) groups is 1. The number of nitrogens with zero attached hydrogens (tertiary/aromatic N) is 3. The van der Waals surface area contributed by atoms with Crippen LogP contribution in [0.5, 0.6) is 0 Å². The first-order valence-electron chi connectivity index (χ1n) is 12.2. The van der Waals surface area contributed by atoms with Crippen LogP contribution in [-0.4, -0.2) is 22.3 Å². The van der Waals surface area contributed by atoms with Crippen LogP contribution in [0.2, 0.25) is 0 Å². The van der Waals surface area contributed by atoms with Crippen molar-refractivity contribution in [1.29, 1.82) is 0 Å². The van der Waals surface area contributed by atoms with Crippen LogP contribution in [0.4, 0.5) is 5.69 Å². The van der Waals surface area contributed by atoms with E-state index in [2.05, 4.69) is 5.18 Å². The maximum absolute atomic E-state index is 13.8. The van der Waals surface area contributed by atoms with Gasteiger partial charge in [-0.1, -0.05) is 76.3 Å². The van der Waals surface area contributed by atoms with Gasteiger partial charge in [0.25, 0.3) is 5.91 Å². The summed E-state index contributed by atoms with van der Waals surface area (Å²) in [4.78, 5) is 31.0. The van der Waals surface area contributed by atoms with Crippen molar-refractivity contribution in [2.75, 3.05) is 0 Å². The van der Waals surface area contributed by atoms with Gasteiger partial charge in [-0.25, -0.2) is 4.99 Å². The van der Waals surface area contributed by atoms with Gasteiger partial charge in [-0.15, -0.1) is 4.91 Å². The lowest BCUT2D eigenvalue weighted by Crippen LogP contribution is -2.45. The van der Waals surface area contributed by atoms with E-state index < -0.39 is 5.54 Å². The Labute approximate surface area is 185 Å². The van der Waals surface area contributed by atoms with E-state index in [0.717, 1.165) is 30.7 Å². The van der Waals surface area contributed by atoms with E-state index >= 15 is 0 Å². The second-order valence-electron chi connectivity index (χ2n) is 9.90. The number of rotatable bonds is 8. The summed E-state index contributed by atoms with van der Waals surface area (Å²) in [5, 5.41) is 2.95. The van der Waals surface area contributed by atoms with Crippen LogP contribution in [-0.2, 0) is 11.3 Å². The van der Waals surface area contributed by atoms with E-state index in [-0.39, 0.29) is 5.91 Å². The molecule has 0 spiro atoms. The van der Waals surface area contributed by atoms with Crippen LogP contribution in [0.3, 0.4) is 0 Å². The number of nitroso groups, excluding NO2 is 1. The third-order valence-corrected chi connectivity index (χ3v) is 7.67. The van der Waals surface area contributed by atoms with Gasteiger partial charge in [0, 0.05) is 0 Å². The molecule has 2 fully saturated rings. The molecule has 31 heavy (non-hydrogen) atoms. The van der Waals surface area contributed by atoms with Crippen LogP contribution in [0.25, 0.3) is 0 Å². The molecule has 2 saturated carbocycles. The number of amides is 1. The van der Waals surface area contributed by atoms with Gasteiger partial charge >= 0.3 is 0 Å². The zero-order valence-corrected chi connectivity index (χ0v) is 18.6. The van der Waals surface area contributed by atoms with Crippen molar-refractivity contribution in [3.05, 3.63) is 34.7 Å². The molecule has 6 nitrogen and oxygen atoms in total. The summed E-state index contributed by atoms with van der Waals surface area (Å²) < 4.78 is 0. The first-order valence-corrected chi connectivity index (χ1v) is 12.2. The Morgan fingerprint density at radius 1 is 0.968 bits per heavy atom. The van der Waals surface area contributed by atoms with Crippen LogP contribution < -0.4 is 5.73 Å². The molecule has 1 amide bonds. The van der Waals surface area contributed by atoms with Crippen molar-refractivity contribution in [2.24, 2.45) is 27.7 Å². The lowest BCUT2D eigenvalue weighted by molar-refractivity contribution is -0.132. The van der Waals surface area contributed by atoms with Gasteiger partial charge in [-0.3, -0.25) is 9.69 Å². The molecule has 0 aromatic heterocycles. The van der Waals surface area contributed by atoms with E-state index in [1.54, 1.807) is 17.0 Å². The highest BCUT2D eigenvalue weighted by molar-refractivity contribution is 6.06. The highest BCUT2D eigenvalue weighted by Crippen LogP contribution is 2.41. The van der Waals surface area contributed by atoms with E-state index in [4.69, 9.17) is 10.7 Å². The summed E-state index contributed by atoms with van der Waals surface area (Å²) >= 11 is 0. The molecule has 168 valence electrons. The molecule has 1 aromatic rings. The van der Waals surface area contributed by atoms with Crippen molar-refractivity contribution in [1.82, 2.24) is 4.90 Å². The molecule has 0 radical (unpaired) electrons. The third kappa shape index (κ3) is 5.16. The number of hydrogen-bond donors (Lipinski definition) is 1. The second kappa shape index (κ2) is 9.92. The normalized spacial score (nSPS) is 25.6. The third-order valence-electron chi connectivity index (χ3n) is 7.67. The standard InChI is InChI=1S/C25H36N4O2/c26-24-27-25(17-20-9-5-2-6-10-20,16-15-19-7-3-1-4-8-19)23(30)29(24)18-21-11-13-22(28-31)14-12-21/h11-14,19-20H,1-10,15-18H2,(H2,26,27)/t25-/m1/s1. The minimum Gasteiger partial charge on any atom is -0.369 e. The Morgan fingerprint density at radius 2 is 1.58 bits per heavy atom. The quantitative estimate of drug-likeness (QED) is 0.534. The fraction of sp³-hybridized carbons (Fsp3) is 0.680. The monoisotopic (exact) mass is 424 g/mol. The average Bonchev–Trinajstić information content (AvgIpc) is 3.04. The number of aliphatic imine (C=N–C) groups is 1. The lowest BCUT2D eigenvalue weighted by atomic mass is 9.75. The molecule has 1 heterocycles. The number of nitrogens with two attached hydrogens (primary N) is 1. The van der Waals surface area contributed by atoms with E-state index in [9.17, 15) is 9.70 Å². The molecule has 6 heteroatoms. The predicted molar refractivity (Wildman–Crippen MR) is 124 cm³/mol. The fourth-order valence-corrected chi connectivity index (χ4v) is 5.87. The smallest absolute Gasteiger partial charge is 0.257 e. The summed E-state index contributed by atoms with van der Waals surface area (Å²) in [6.07, 6.45) is 15.5. The number of guanidine groups is 1. The van der Waals surface area contributed by atoms with Gasteiger partial charge < -0.3 is 5.73 Å². The van der Waals surface area contributed by atoms with Gasteiger partial charge in [0.15, 0.2) is 5.96 Å². The molecule has 0 unspecified atom stereocenters. The summed E-state index contributed by atoms with van der Waals surface area (Å²) in [5.41, 5.74) is 6.98. The minimum absolute atomic E-state index is 0.0731. The Morgan fingerprint density at radius 3 is 2.19 bits per heavy atom. The van der Waals surface area contributed by atoms with E-state index in [0.29, 0.717) is 24.1 Å². The van der Waals surface area contributed by atoms with Gasteiger partial charge in [0.2, 0.25) is 0 Å². The minimum atomic E-state index is -0.687. The molecular formula is C25H36N4O2. The Bertz CT molecular complexity index is 794. The van der Waals surface area contributed by atoms with E-state index in [1.807, 2.05) is 12.1 Å². The lowest BCUT2D eigenvalue weighted by Gasteiger charge is -2.33. The zero-order valence-electron chi connectivity index (χ0n) is 18.6. The first-order chi connectivity index (χ1) is 15.1. The van der Waals surface area contributed by atoms with Crippen molar-refractivity contribution >= 4 is 17.6 Å². The molecule has 1 aliphatic heterocycles. The largest absolute Gasteiger partial charge is 0.369 e. The first kappa shape index (κ1) is 22.0. The van der Waals surface area contributed by atoms with Crippen molar-refractivity contribution < 1.29 is 4.79 Å². The number of hydrogen-bond acceptors (Lipinski definition) is 5. The van der Waals surface area contributed by atoms with Gasteiger partial charge in [-0.2, -0.15) is 0 Å². The molecule has 3 aliphatic rings. The van der Waals surface area contributed by atoms with Crippen molar-refractivity contribution in [2.45, 2.75) is 95.6 Å². The molecule has 0 saturated heterocycles. The summed E-state index contributed by atoms with van der Waals surface area (Å²) in [6, 6.07) is 7.02. The number of benzene rings is 1. The van der Waals surface area contributed by atoms with Crippen LogP contribution in [0.1, 0.15) is 89.0 Å². The summed E-state index contributed by atoms with van der Waals surface area (Å²) in [5.74, 6) is 1.71. The zero-order chi connectivity index (χ0) is 21.7. The SMILES string of the molecule is NC1=N[C@](CCC2CCCCC2)(CC2CCCCC2)C(=O)N1Cc1ccc(N=O)cc1. The Balaban J connectivity index is 1.50. The molecule has 1 atom stereocenters. The van der Waals surface area contributed by atoms with Crippen molar-refractivity contribution in [3.8, 4) is 0 Å². The van der Waals surface area contributed by atoms with Gasteiger partial charge in [0.1, 0.15) is 11.2 Å². The molecule has 1 aromatic carbocycles. The Kier molecular flexibility index (Phi) is 7.03. The summed E-state index contributed by atoms with van der Waals surface area (Å²) in [6.45, 7) is 0.392. The maximum atomic E-state index is 13.8. The van der Waals surface area contributed by atoms with Gasteiger partial charge in [-0.05, 0) is 54.0 Å². The molecule has 2 aliphatic carbocycles. The van der Waals surface area contributed by atoms with Crippen molar-refractivity contribution in [3.63, 3.8) is 0 Å². The molecule has 0 bridgehead atoms. The maximum Gasteiger partial charge on any atom is 0.257 e.